The van der Waals surface area contributed by atoms with Crippen molar-refractivity contribution in [3.05, 3.63) is 82.9 Å². The first-order valence-electron chi connectivity index (χ1n) is 8.29. The molecule has 2 aromatic heterocycles. The Bertz CT molecular complexity index is 1010. The fourth-order valence-electron chi connectivity index (χ4n) is 3.61. The Kier molecular flexibility index (Phi) is 3.78. The maximum atomic E-state index is 11.5. The first-order valence-corrected chi connectivity index (χ1v) is 8.29. The Balaban J connectivity index is 1.89. The Hall–Kier alpha value is -3.05. The van der Waals surface area contributed by atoms with Gasteiger partial charge in [-0.15, -0.1) is 0 Å². The van der Waals surface area contributed by atoms with E-state index in [4.69, 9.17) is 5.73 Å². The molecular weight excluding hydrogens is 312 g/mol. The van der Waals surface area contributed by atoms with Gasteiger partial charge in [0.25, 0.3) is 0 Å². The van der Waals surface area contributed by atoms with Crippen LogP contribution in [-0.2, 0) is 11.3 Å². The molecule has 2 N–H and O–H groups in total. The summed E-state index contributed by atoms with van der Waals surface area (Å²) in [6.45, 7) is 1.33. The molecule has 0 aromatic carbocycles. The number of hydrogen-bond donors (Lipinski definition) is 1. The monoisotopic (exact) mass is 331 g/mol. The summed E-state index contributed by atoms with van der Waals surface area (Å²) in [6.07, 6.45) is 14.2. The lowest BCUT2D eigenvalue weighted by molar-refractivity contribution is -0.822. The predicted molar refractivity (Wildman–Crippen MR) is 95.5 cm³/mol. The molecule has 1 unspecified atom stereocenters. The van der Waals surface area contributed by atoms with Crippen molar-refractivity contribution in [2.45, 2.75) is 13.0 Å². The van der Waals surface area contributed by atoms with Crippen LogP contribution in [0.4, 0.5) is 0 Å². The zero-order valence-electron chi connectivity index (χ0n) is 13.8. The van der Waals surface area contributed by atoms with Gasteiger partial charge in [-0.1, -0.05) is 6.07 Å². The molecule has 25 heavy (non-hydrogen) atoms. The number of quaternary nitrogens is 1. The van der Waals surface area contributed by atoms with Crippen molar-refractivity contribution in [2.24, 2.45) is 5.73 Å². The predicted octanol–water partition coefficient (Wildman–Crippen LogP) is 0.725. The lowest BCUT2D eigenvalue weighted by Crippen LogP contribution is -2.47. The van der Waals surface area contributed by atoms with Crippen LogP contribution in [0.3, 0.4) is 0 Å². The van der Waals surface area contributed by atoms with E-state index in [2.05, 4.69) is 40.5 Å². The maximum Gasteiger partial charge on any atom is 0.223 e. The molecule has 0 saturated carbocycles. The van der Waals surface area contributed by atoms with E-state index < -0.39 is 0 Å². The highest BCUT2D eigenvalue weighted by Gasteiger charge is 2.38. The summed E-state index contributed by atoms with van der Waals surface area (Å²) in [7, 11) is 0. The molecule has 1 aliphatic carbocycles. The third kappa shape index (κ3) is 2.79. The summed E-state index contributed by atoms with van der Waals surface area (Å²) in [5, 5.41) is 2.10. The number of rotatable bonds is 5. The van der Waals surface area contributed by atoms with E-state index >= 15 is 0 Å². The second-order valence-corrected chi connectivity index (χ2v) is 6.39. The van der Waals surface area contributed by atoms with Gasteiger partial charge in [0.15, 0.2) is 5.70 Å². The number of aromatic nitrogens is 2. The Morgan fingerprint density at radius 1 is 1.16 bits per heavy atom. The third-order valence-electron chi connectivity index (χ3n) is 4.71. The number of nitrogens with two attached hydrogens (primary N) is 1. The molecule has 0 spiro atoms. The fraction of sp³-hybridized carbons (Fsp3) is 0.150. The van der Waals surface area contributed by atoms with Crippen LogP contribution in [-0.4, -0.2) is 26.9 Å². The second kappa shape index (κ2) is 6.11. The van der Waals surface area contributed by atoms with Crippen molar-refractivity contribution >= 4 is 17.7 Å². The lowest BCUT2D eigenvalue weighted by Gasteiger charge is -2.37. The number of allylic oxidation sites excluding steroid dienone is 2. The first-order chi connectivity index (χ1) is 12.2. The van der Waals surface area contributed by atoms with Crippen LogP contribution < -0.4 is 16.3 Å². The molecular formula is C20H19N4O+. The summed E-state index contributed by atoms with van der Waals surface area (Å²) in [5.74, 6) is -0.291. The topological polar surface area (TPSA) is 68.9 Å². The highest BCUT2D eigenvalue weighted by Crippen LogP contribution is 2.34. The molecule has 0 radical (unpaired) electrons. The van der Waals surface area contributed by atoms with Gasteiger partial charge in [-0.2, -0.15) is 0 Å². The first kappa shape index (κ1) is 15.5. The minimum Gasteiger partial charge on any atom is -0.369 e. The zero-order valence-corrected chi connectivity index (χ0v) is 13.8. The highest BCUT2D eigenvalue weighted by atomic mass is 16.1. The minimum atomic E-state index is -0.291. The number of nitrogens with zero attached hydrogens (tertiary/aromatic N) is 3. The summed E-state index contributed by atoms with van der Waals surface area (Å²) < 4.78 is 0.527. The summed E-state index contributed by atoms with van der Waals surface area (Å²) in [6, 6.07) is 8.04. The normalized spacial score (nSPS) is 20.5. The number of carbonyl (C=O) groups is 1. The molecule has 1 atom stereocenters. The van der Waals surface area contributed by atoms with E-state index in [1.54, 1.807) is 12.4 Å². The number of carbonyl (C=O) groups excluding carboxylic acids is 1. The zero-order chi connectivity index (χ0) is 17.3. The van der Waals surface area contributed by atoms with Crippen LogP contribution in [0.15, 0.2) is 66.8 Å². The molecule has 124 valence electrons. The molecule has 5 nitrogen and oxygen atoms in total. The SMILES string of the molecule is NC(=O)CC[N+]1(Cc2ccncc2)C=CC=C2C=c3cccnc3=C21. The van der Waals surface area contributed by atoms with Gasteiger partial charge in [0, 0.05) is 34.9 Å². The summed E-state index contributed by atoms with van der Waals surface area (Å²) in [4.78, 5) is 20.2. The van der Waals surface area contributed by atoms with Crippen molar-refractivity contribution in [2.75, 3.05) is 6.54 Å². The van der Waals surface area contributed by atoms with Gasteiger partial charge in [0.2, 0.25) is 5.91 Å². The molecule has 5 heteroatoms. The van der Waals surface area contributed by atoms with Gasteiger partial charge < -0.3 is 5.73 Å². The van der Waals surface area contributed by atoms with Crippen LogP contribution in [0.1, 0.15) is 12.0 Å². The van der Waals surface area contributed by atoms with Crippen LogP contribution in [0.5, 0.6) is 0 Å². The van der Waals surface area contributed by atoms with E-state index in [1.807, 2.05) is 24.4 Å². The van der Waals surface area contributed by atoms with Crippen molar-refractivity contribution < 1.29 is 9.28 Å². The molecule has 2 aliphatic rings. The van der Waals surface area contributed by atoms with Crippen molar-refractivity contribution in [3.8, 4) is 0 Å². The highest BCUT2D eigenvalue weighted by molar-refractivity contribution is 5.79. The van der Waals surface area contributed by atoms with Crippen LogP contribution in [0.25, 0.3) is 11.8 Å². The third-order valence-corrected chi connectivity index (χ3v) is 4.71. The van der Waals surface area contributed by atoms with Crippen molar-refractivity contribution in [1.29, 1.82) is 0 Å². The number of amides is 1. The Morgan fingerprint density at radius 2 is 2.00 bits per heavy atom. The molecule has 2 aromatic rings. The van der Waals surface area contributed by atoms with E-state index in [1.165, 1.54) is 0 Å². The van der Waals surface area contributed by atoms with Gasteiger partial charge >= 0.3 is 0 Å². The maximum absolute atomic E-state index is 11.5. The molecule has 0 saturated heterocycles. The average Bonchev–Trinajstić information content (AvgIpc) is 3.01. The minimum absolute atomic E-state index is 0.291. The van der Waals surface area contributed by atoms with Gasteiger partial charge in [-0.05, 0) is 36.4 Å². The van der Waals surface area contributed by atoms with Gasteiger partial charge in [0.05, 0.1) is 13.0 Å². The molecule has 0 bridgehead atoms. The Morgan fingerprint density at radius 3 is 2.80 bits per heavy atom. The standard InChI is InChI=1S/C20H18N4O/c21-18(25)7-12-24(14-15-5-9-22-10-6-15)11-2-4-17-13-16-3-1-8-23-19(16)20(17)24/h1-6,8-11,13H,7,12,14H2,(H-,21,25)/p+1. The van der Waals surface area contributed by atoms with E-state index in [0.717, 1.165) is 33.9 Å². The number of fused-ring (bicyclic) bond motifs is 2. The lowest BCUT2D eigenvalue weighted by atomic mass is 10.0. The molecule has 3 heterocycles. The van der Waals surface area contributed by atoms with E-state index in [0.29, 0.717) is 17.4 Å². The molecule has 0 fully saturated rings. The van der Waals surface area contributed by atoms with Crippen molar-refractivity contribution in [3.63, 3.8) is 0 Å². The molecule has 1 aliphatic heterocycles. The number of hydrogen-bond acceptors (Lipinski definition) is 3. The Labute approximate surface area is 145 Å². The van der Waals surface area contributed by atoms with Crippen LogP contribution in [0, 0.1) is 0 Å². The van der Waals surface area contributed by atoms with Crippen LogP contribution >= 0.6 is 0 Å². The summed E-state index contributed by atoms with van der Waals surface area (Å²) in [5.41, 5.74) is 8.90. The van der Waals surface area contributed by atoms with E-state index in [-0.39, 0.29) is 5.91 Å². The quantitative estimate of drug-likeness (QED) is 0.821. The van der Waals surface area contributed by atoms with Crippen LogP contribution in [0.2, 0.25) is 0 Å². The largest absolute Gasteiger partial charge is 0.369 e. The number of pyridine rings is 2. The summed E-state index contributed by atoms with van der Waals surface area (Å²) >= 11 is 0. The second-order valence-electron chi connectivity index (χ2n) is 6.39. The average molecular weight is 331 g/mol. The smallest absolute Gasteiger partial charge is 0.223 e. The van der Waals surface area contributed by atoms with Crippen molar-refractivity contribution in [1.82, 2.24) is 9.97 Å². The van der Waals surface area contributed by atoms with Gasteiger partial charge in [-0.3, -0.25) is 14.3 Å². The molecule has 4 rings (SSSR count). The van der Waals surface area contributed by atoms with E-state index in [9.17, 15) is 4.79 Å². The fourth-order valence-corrected chi connectivity index (χ4v) is 3.61. The number of primary amides is 1. The van der Waals surface area contributed by atoms with Gasteiger partial charge in [-0.25, -0.2) is 4.98 Å². The van der Waals surface area contributed by atoms with Gasteiger partial charge in [0.1, 0.15) is 18.1 Å². The molecule has 1 amide bonds.